The fourth-order valence-electron chi connectivity index (χ4n) is 2.97. The van der Waals surface area contributed by atoms with Gasteiger partial charge in [-0.2, -0.15) is 5.26 Å². The van der Waals surface area contributed by atoms with Crippen LogP contribution in [0.5, 0.6) is 0 Å². The third kappa shape index (κ3) is 2.45. The highest BCUT2D eigenvalue weighted by Gasteiger charge is 2.30. The van der Waals surface area contributed by atoms with Crippen LogP contribution in [0.15, 0.2) is 35.7 Å². The third-order valence-corrected chi connectivity index (χ3v) is 4.98. The number of nitriles is 1. The van der Waals surface area contributed by atoms with E-state index in [2.05, 4.69) is 24.4 Å². The quantitative estimate of drug-likeness (QED) is 0.846. The summed E-state index contributed by atoms with van der Waals surface area (Å²) in [5, 5.41) is 11.1. The summed E-state index contributed by atoms with van der Waals surface area (Å²) >= 11 is 1.78. The zero-order valence-electron chi connectivity index (χ0n) is 11.9. The number of carbonyl (C=O) groups is 1. The highest BCUT2D eigenvalue weighted by molar-refractivity contribution is 7.10. The van der Waals surface area contributed by atoms with E-state index in [1.807, 2.05) is 4.90 Å². The number of amides is 1. The zero-order valence-corrected chi connectivity index (χ0v) is 12.7. The van der Waals surface area contributed by atoms with Gasteiger partial charge in [0.05, 0.1) is 17.7 Å². The zero-order chi connectivity index (χ0) is 14.8. The maximum Gasteiger partial charge on any atom is 0.254 e. The Labute approximate surface area is 128 Å². The summed E-state index contributed by atoms with van der Waals surface area (Å²) in [6, 6.07) is 11.3. The van der Waals surface area contributed by atoms with Crippen LogP contribution in [0.1, 0.15) is 45.7 Å². The number of rotatable bonds is 2. The number of benzene rings is 1. The lowest BCUT2D eigenvalue weighted by atomic mass is 9.96. The first-order valence-corrected chi connectivity index (χ1v) is 8.00. The normalized spacial score (nSPS) is 17.1. The molecule has 0 fully saturated rings. The Hall–Kier alpha value is -2.12. The fraction of sp³-hybridized carbons (Fsp3) is 0.294. The van der Waals surface area contributed by atoms with Gasteiger partial charge in [0.25, 0.3) is 5.91 Å². The van der Waals surface area contributed by atoms with Gasteiger partial charge in [0, 0.05) is 17.0 Å². The number of hydrogen-bond acceptors (Lipinski definition) is 3. The van der Waals surface area contributed by atoms with Crippen molar-refractivity contribution < 1.29 is 4.79 Å². The Morgan fingerprint density at radius 2 is 2.33 bits per heavy atom. The van der Waals surface area contributed by atoms with Crippen LogP contribution in [-0.2, 0) is 6.42 Å². The van der Waals surface area contributed by atoms with Gasteiger partial charge in [-0.05, 0) is 48.1 Å². The Morgan fingerprint density at radius 3 is 3.10 bits per heavy atom. The number of carbonyl (C=O) groups excluding carboxylic acids is 1. The first-order chi connectivity index (χ1) is 10.2. The minimum absolute atomic E-state index is 0.0239. The van der Waals surface area contributed by atoms with Gasteiger partial charge in [0.1, 0.15) is 0 Å². The fourth-order valence-corrected chi connectivity index (χ4v) is 3.90. The van der Waals surface area contributed by atoms with E-state index in [0.717, 1.165) is 19.4 Å². The van der Waals surface area contributed by atoms with Gasteiger partial charge in [-0.15, -0.1) is 11.3 Å². The highest BCUT2D eigenvalue weighted by atomic mass is 32.1. The monoisotopic (exact) mass is 296 g/mol. The molecular formula is C17H16N2OS. The average Bonchev–Trinajstić information content (AvgIpc) is 3.01. The SMILES string of the molecule is CCC1c2ccsc2CCN1C(=O)c1cccc(C#N)c1. The highest BCUT2D eigenvalue weighted by Crippen LogP contribution is 2.35. The van der Waals surface area contributed by atoms with Crippen molar-refractivity contribution in [2.75, 3.05) is 6.54 Å². The lowest BCUT2D eigenvalue weighted by Gasteiger charge is -2.35. The maximum absolute atomic E-state index is 12.8. The molecule has 2 aromatic rings. The van der Waals surface area contributed by atoms with Crippen molar-refractivity contribution in [3.63, 3.8) is 0 Å². The van der Waals surface area contributed by atoms with Gasteiger partial charge >= 0.3 is 0 Å². The molecule has 1 unspecified atom stereocenters. The Bertz CT molecular complexity index is 714. The minimum Gasteiger partial charge on any atom is -0.331 e. The second-order valence-corrected chi connectivity index (χ2v) is 6.16. The van der Waals surface area contributed by atoms with Crippen LogP contribution in [0.25, 0.3) is 0 Å². The van der Waals surface area contributed by atoms with Crippen LogP contribution in [0.2, 0.25) is 0 Å². The van der Waals surface area contributed by atoms with Crippen LogP contribution in [0.3, 0.4) is 0 Å². The van der Waals surface area contributed by atoms with Gasteiger partial charge in [-0.1, -0.05) is 13.0 Å². The van der Waals surface area contributed by atoms with Crippen molar-refractivity contribution in [2.24, 2.45) is 0 Å². The lowest BCUT2D eigenvalue weighted by molar-refractivity contribution is 0.0657. The Morgan fingerprint density at radius 1 is 1.48 bits per heavy atom. The second-order valence-electron chi connectivity index (χ2n) is 5.16. The Kier molecular flexibility index (Phi) is 3.76. The second kappa shape index (κ2) is 5.71. The molecular weight excluding hydrogens is 280 g/mol. The van der Waals surface area contributed by atoms with Crippen molar-refractivity contribution in [3.05, 3.63) is 57.3 Å². The molecule has 3 nitrogen and oxygen atoms in total. The van der Waals surface area contributed by atoms with Crippen molar-refractivity contribution >= 4 is 17.2 Å². The summed E-state index contributed by atoms with van der Waals surface area (Å²) < 4.78 is 0. The van der Waals surface area contributed by atoms with E-state index in [0.29, 0.717) is 11.1 Å². The molecule has 0 spiro atoms. The van der Waals surface area contributed by atoms with E-state index in [1.54, 1.807) is 35.6 Å². The first kappa shape index (κ1) is 13.8. The van der Waals surface area contributed by atoms with Crippen LogP contribution in [0.4, 0.5) is 0 Å². The summed E-state index contributed by atoms with van der Waals surface area (Å²) in [5.74, 6) is 0.0239. The lowest BCUT2D eigenvalue weighted by Crippen LogP contribution is -2.39. The maximum atomic E-state index is 12.8. The molecule has 2 heterocycles. The Balaban J connectivity index is 1.93. The first-order valence-electron chi connectivity index (χ1n) is 7.12. The molecule has 0 radical (unpaired) electrons. The largest absolute Gasteiger partial charge is 0.331 e. The molecule has 1 aliphatic heterocycles. The van der Waals surface area contributed by atoms with E-state index in [-0.39, 0.29) is 11.9 Å². The average molecular weight is 296 g/mol. The van der Waals surface area contributed by atoms with Gasteiger partial charge < -0.3 is 4.90 Å². The van der Waals surface area contributed by atoms with Crippen LogP contribution in [-0.4, -0.2) is 17.4 Å². The van der Waals surface area contributed by atoms with Gasteiger partial charge in [0.2, 0.25) is 0 Å². The summed E-state index contributed by atoms with van der Waals surface area (Å²) in [7, 11) is 0. The van der Waals surface area contributed by atoms with Crippen molar-refractivity contribution in [1.82, 2.24) is 4.90 Å². The molecule has 21 heavy (non-hydrogen) atoms. The van der Waals surface area contributed by atoms with E-state index >= 15 is 0 Å². The number of fused-ring (bicyclic) bond motifs is 1. The van der Waals surface area contributed by atoms with Crippen LogP contribution < -0.4 is 0 Å². The molecule has 4 heteroatoms. The molecule has 106 valence electrons. The number of nitrogens with zero attached hydrogens (tertiary/aromatic N) is 2. The molecule has 0 aliphatic carbocycles. The summed E-state index contributed by atoms with van der Waals surface area (Å²) in [5.41, 5.74) is 2.42. The van der Waals surface area contributed by atoms with E-state index in [4.69, 9.17) is 5.26 Å². The molecule has 1 atom stereocenters. The van der Waals surface area contributed by atoms with Gasteiger partial charge in [-0.3, -0.25) is 4.79 Å². The molecule has 0 saturated carbocycles. The summed E-state index contributed by atoms with van der Waals surface area (Å²) in [6.07, 6.45) is 1.83. The molecule has 0 N–H and O–H groups in total. The molecule has 1 aliphatic rings. The van der Waals surface area contributed by atoms with Gasteiger partial charge in [-0.25, -0.2) is 0 Å². The number of hydrogen-bond donors (Lipinski definition) is 0. The molecule has 1 aromatic carbocycles. The van der Waals surface area contributed by atoms with E-state index in [1.165, 1.54) is 10.4 Å². The molecule has 0 bridgehead atoms. The van der Waals surface area contributed by atoms with Crippen molar-refractivity contribution in [1.29, 1.82) is 5.26 Å². The van der Waals surface area contributed by atoms with E-state index in [9.17, 15) is 4.79 Å². The van der Waals surface area contributed by atoms with Crippen LogP contribution >= 0.6 is 11.3 Å². The topological polar surface area (TPSA) is 44.1 Å². The van der Waals surface area contributed by atoms with Crippen molar-refractivity contribution in [3.8, 4) is 6.07 Å². The number of thiophene rings is 1. The van der Waals surface area contributed by atoms with E-state index < -0.39 is 0 Å². The summed E-state index contributed by atoms with van der Waals surface area (Å²) in [4.78, 5) is 16.1. The third-order valence-electron chi connectivity index (χ3n) is 3.98. The predicted molar refractivity (Wildman–Crippen MR) is 83.2 cm³/mol. The smallest absolute Gasteiger partial charge is 0.254 e. The van der Waals surface area contributed by atoms with Gasteiger partial charge in [0.15, 0.2) is 0 Å². The minimum atomic E-state index is 0.0239. The van der Waals surface area contributed by atoms with Crippen molar-refractivity contribution in [2.45, 2.75) is 25.8 Å². The predicted octanol–water partition coefficient (Wildman–Crippen LogP) is 3.77. The van der Waals surface area contributed by atoms with Crippen LogP contribution in [0, 0.1) is 11.3 Å². The molecule has 1 amide bonds. The molecule has 3 rings (SSSR count). The standard InChI is InChI=1S/C17H16N2OS/c1-2-15-14-7-9-21-16(14)6-8-19(15)17(20)13-5-3-4-12(10-13)11-18/h3-5,7,9-10,15H,2,6,8H2,1H3. The molecule has 0 saturated heterocycles. The summed E-state index contributed by atoms with van der Waals surface area (Å²) in [6.45, 7) is 2.87. The molecule has 1 aromatic heterocycles.